The van der Waals surface area contributed by atoms with E-state index in [2.05, 4.69) is 42.6 Å². The van der Waals surface area contributed by atoms with Gasteiger partial charge in [0.2, 0.25) is 0 Å². The van der Waals surface area contributed by atoms with Crippen LogP contribution in [0.4, 0.5) is 0 Å². The van der Waals surface area contributed by atoms with Gasteiger partial charge >= 0.3 is 0 Å². The van der Waals surface area contributed by atoms with E-state index in [4.69, 9.17) is 4.42 Å². The van der Waals surface area contributed by atoms with E-state index in [-0.39, 0.29) is 11.3 Å². The molecule has 2 aromatic carbocycles. The van der Waals surface area contributed by atoms with Gasteiger partial charge in [0.25, 0.3) is 5.91 Å². The first-order chi connectivity index (χ1) is 12.6. The summed E-state index contributed by atoms with van der Waals surface area (Å²) in [6.45, 7) is 4.67. The molecule has 4 rings (SSSR count). The Hall–Kier alpha value is -2.55. The van der Waals surface area contributed by atoms with Gasteiger partial charge in [0.1, 0.15) is 5.58 Å². The first kappa shape index (κ1) is 16.9. The summed E-state index contributed by atoms with van der Waals surface area (Å²) < 4.78 is 5.86. The second-order valence-electron chi connectivity index (χ2n) is 7.59. The monoisotopic (exact) mass is 347 g/mol. The molecule has 26 heavy (non-hydrogen) atoms. The number of carbonyl (C=O) groups is 1. The molecule has 1 amide bonds. The molecule has 1 saturated carbocycles. The Morgan fingerprint density at radius 2 is 1.81 bits per heavy atom. The number of hydrogen-bond donors (Lipinski definition) is 1. The Morgan fingerprint density at radius 3 is 2.54 bits per heavy atom. The Balaban J connectivity index is 1.57. The summed E-state index contributed by atoms with van der Waals surface area (Å²) in [4.78, 5) is 12.8. The fourth-order valence-electron chi connectivity index (χ4n) is 4.29. The van der Waals surface area contributed by atoms with E-state index in [1.54, 1.807) is 0 Å². The number of fused-ring (bicyclic) bond motifs is 1. The van der Waals surface area contributed by atoms with E-state index in [1.807, 2.05) is 25.1 Å². The van der Waals surface area contributed by atoms with Gasteiger partial charge < -0.3 is 9.73 Å². The van der Waals surface area contributed by atoms with E-state index in [0.29, 0.717) is 12.3 Å². The molecule has 3 nitrogen and oxygen atoms in total. The molecule has 0 atom stereocenters. The number of rotatable bonds is 4. The fraction of sp³-hybridized carbons (Fsp3) is 0.348. The molecule has 0 unspecified atom stereocenters. The largest absolute Gasteiger partial charge is 0.451 e. The van der Waals surface area contributed by atoms with Crippen LogP contribution in [0.15, 0.2) is 52.9 Å². The van der Waals surface area contributed by atoms with Crippen LogP contribution in [0.25, 0.3) is 11.0 Å². The highest BCUT2D eigenvalue weighted by atomic mass is 16.3. The zero-order valence-electron chi connectivity index (χ0n) is 15.5. The highest BCUT2D eigenvalue weighted by Crippen LogP contribution is 2.40. The van der Waals surface area contributed by atoms with Crippen LogP contribution in [0.2, 0.25) is 0 Å². The van der Waals surface area contributed by atoms with Gasteiger partial charge in [0.15, 0.2) is 5.76 Å². The van der Waals surface area contributed by atoms with Gasteiger partial charge in [-0.2, -0.15) is 0 Å². The van der Waals surface area contributed by atoms with Crippen molar-refractivity contribution in [1.82, 2.24) is 5.32 Å². The topological polar surface area (TPSA) is 42.2 Å². The van der Waals surface area contributed by atoms with E-state index in [0.717, 1.165) is 29.4 Å². The highest BCUT2D eigenvalue weighted by Gasteiger charge is 2.36. The Kier molecular flexibility index (Phi) is 4.31. The minimum absolute atomic E-state index is 0.0490. The summed E-state index contributed by atoms with van der Waals surface area (Å²) >= 11 is 0. The van der Waals surface area contributed by atoms with Crippen molar-refractivity contribution in [1.29, 1.82) is 0 Å². The van der Waals surface area contributed by atoms with Crippen LogP contribution in [0, 0.1) is 13.8 Å². The third-order valence-corrected chi connectivity index (χ3v) is 5.83. The number of carbonyl (C=O) groups excluding carboxylic acids is 1. The van der Waals surface area contributed by atoms with Gasteiger partial charge in [-0.05, 0) is 44.4 Å². The van der Waals surface area contributed by atoms with Crippen LogP contribution in [0.5, 0.6) is 0 Å². The third-order valence-electron chi connectivity index (χ3n) is 5.83. The summed E-state index contributed by atoms with van der Waals surface area (Å²) in [5, 5.41) is 4.19. The molecule has 3 heteroatoms. The molecule has 1 heterocycles. The molecule has 1 aromatic heterocycles. The predicted molar refractivity (Wildman–Crippen MR) is 105 cm³/mol. The first-order valence-corrected chi connectivity index (χ1v) is 9.43. The van der Waals surface area contributed by atoms with E-state index in [9.17, 15) is 4.79 Å². The molecular weight excluding hydrogens is 322 g/mol. The molecule has 0 radical (unpaired) electrons. The van der Waals surface area contributed by atoms with E-state index < -0.39 is 0 Å². The van der Waals surface area contributed by atoms with Gasteiger partial charge in [-0.25, -0.2) is 0 Å². The lowest BCUT2D eigenvalue weighted by atomic mass is 9.79. The minimum atomic E-state index is -0.112. The first-order valence-electron chi connectivity index (χ1n) is 9.43. The van der Waals surface area contributed by atoms with Crippen molar-refractivity contribution < 1.29 is 9.21 Å². The quantitative estimate of drug-likeness (QED) is 0.696. The summed E-state index contributed by atoms with van der Waals surface area (Å²) in [5.41, 5.74) is 4.24. The maximum absolute atomic E-state index is 12.8. The van der Waals surface area contributed by atoms with Crippen LogP contribution in [-0.2, 0) is 5.41 Å². The molecule has 134 valence electrons. The molecule has 1 N–H and O–H groups in total. The Labute approximate surface area is 154 Å². The van der Waals surface area contributed by atoms with Crippen molar-refractivity contribution in [2.45, 2.75) is 44.9 Å². The number of aryl methyl sites for hydroxylation is 2. The number of amides is 1. The molecule has 0 bridgehead atoms. The average Bonchev–Trinajstić information content (AvgIpc) is 3.27. The van der Waals surface area contributed by atoms with Crippen molar-refractivity contribution in [2.75, 3.05) is 6.54 Å². The lowest BCUT2D eigenvalue weighted by molar-refractivity contribution is 0.0916. The van der Waals surface area contributed by atoms with Crippen LogP contribution in [0.3, 0.4) is 0 Å². The molecule has 1 aliphatic rings. The average molecular weight is 347 g/mol. The van der Waals surface area contributed by atoms with Crippen LogP contribution in [0.1, 0.15) is 52.9 Å². The number of benzene rings is 2. The third kappa shape index (κ3) is 2.92. The van der Waals surface area contributed by atoms with Gasteiger partial charge in [-0.1, -0.05) is 54.8 Å². The fourth-order valence-corrected chi connectivity index (χ4v) is 4.29. The summed E-state index contributed by atoms with van der Waals surface area (Å²) in [5.74, 6) is 0.324. The van der Waals surface area contributed by atoms with E-state index >= 15 is 0 Å². The van der Waals surface area contributed by atoms with Gasteiger partial charge in [0.05, 0.1) is 0 Å². The van der Waals surface area contributed by atoms with Gasteiger partial charge in [-0.3, -0.25) is 4.79 Å². The zero-order valence-corrected chi connectivity index (χ0v) is 15.5. The van der Waals surface area contributed by atoms with Crippen molar-refractivity contribution in [2.24, 2.45) is 0 Å². The maximum Gasteiger partial charge on any atom is 0.287 e. The zero-order chi connectivity index (χ0) is 18.1. The van der Waals surface area contributed by atoms with Crippen LogP contribution >= 0.6 is 0 Å². The molecule has 1 fully saturated rings. The normalized spacial score (nSPS) is 16.1. The molecule has 0 spiro atoms. The second-order valence-corrected chi connectivity index (χ2v) is 7.59. The van der Waals surface area contributed by atoms with Gasteiger partial charge in [-0.15, -0.1) is 0 Å². The standard InChI is InChI=1S/C23H25NO2/c1-16-10-11-20-19(14-16)17(2)21(26-20)22(25)24-15-23(12-6-7-13-23)18-8-4-3-5-9-18/h3-5,8-11,14H,6-7,12-13,15H2,1-2H3,(H,24,25). The van der Waals surface area contributed by atoms with Crippen molar-refractivity contribution >= 4 is 16.9 Å². The smallest absolute Gasteiger partial charge is 0.287 e. The number of furan rings is 1. The second kappa shape index (κ2) is 6.64. The lowest BCUT2D eigenvalue weighted by Gasteiger charge is -2.29. The maximum atomic E-state index is 12.8. The molecule has 1 aliphatic carbocycles. The van der Waals surface area contributed by atoms with E-state index in [1.165, 1.54) is 24.0 Å². The molecular formula is C23H25NO2. The minimum Gasteiger partial charge on any atom is -0.451 e. The number of hydrogen-bond acceptors (Lipinski definition) is 2. The molecule has 0 saturated heterocycles. The summed E-state index contributed by atoms with van der Waals surface area (Å²) in [6, 6.07) is 16.6. The highest BCUT2D eigenvalue weighted by molar-refractivity contribution is 5.99. The Bertz CT molecular complexity index is 934. The number of nitrogens with one attached hydrogen (secondary N) is 1. The van der Waals surface area contributed by atoms with Crippen LogP contribution < -0.4 is 5.32 Å². The SMILES string of the molecule is Cc1ccc2oc(C(=O)NCC3(c4ccccc4)CCCC3)c(C)c2c1. The van der Waals surface area contributed by atoms with Crippen molar-refractivity contribution in [3.05, 3.63) is 71.0 Å². The summed E-state index contributed by atoms with van der Waals surface area (Å²) in [7, 11) is 0. The predicted octanol–water partition coefficient (Wildman–Crippen LogP) is 5.29. The Morgan fingerprint density at radius 1 is 1.08 bits per heavy atom. The molecule has 0 aliphatic heterocycles. The van der Waals surface area contributed by atoms with Crippen molar-refractivity contribution in [3.63, 3.8) is 0 Å². The summed E-state index contributed by atoms with van der Waals surface area (Å²) in [6.07, 6.45) is 4.67. The van der Waals surface area contributed by atoms with Crippen molar-refractivity contribution in [3.8, 4) is 0 Å². The lowest BCUT2D eigenvalue weighted by Crippen LogP contribution is -2.39. The van der Waals surface area contributed by atoms with Gasteiger partial charge in [0, 0.05) is 22.9 Å². The van der Waals surface area contributed by atoms with Crippen LogP contribution in [-0.4, -0.2) is 12.5 Å². The molecule has 3 aromatic rings.